The maximum Gasteiger partial charge on any atom is 0.0446 e. The highest BCUT2D eigenvalue weighted by atomic mass is 16.5. The summed E-state index contributed by atoms with van der Waals surface area (Å²) in [5.41, 5.74) is -0.549. The van der Waals surface area contributed by atoms with Crippen molar-refractivity contribution in [1.82, 2.24) is 5.06 Å². The van der Waals surface area contributed by atoms with Crippen LogP contribution < -0.4 is 0 Å². The molecule has 0 unspecified atom stereocenters. The zero-order valence-electron chi connectivity index (χ0n) is 9.63. The minimum atomic E-state index is -0.275. The summed E-state index contributed by atoms with van der Waals surface area (Å²) >= 11 is 0. The second-order valence-corrected chi connectivity index (χ2v) is 5.60. The molecule has 0 aromatic heterocycles. The predicted molar refractivity (Wildman–Crippen MR) is 56.9 cm³/mol. The van der Waals surface area contributed by atoms with Crippen LogP contribution in [0.1, 0.15) is 47.0 Å². The highest BCUT2D eigenvalue weighted by Crippen LogP contribution is 2.41. The molecular formula is C12H20NO. The third kappa shape index (κ3) is 2.10. The monoisotopic (exact) mass is 194 g/mol. The summed E-state index contributed by atoms with van der Waals surface area (Å²) in [7, 11) is 0. The van der Waals surface area contributed by atoms with Gasteiger partial charge in [-0.1, -0.05) is 0 Å². The summed E-state index contributed by atoms with van der Waals surface area (Å²) in [6, 6.07) is 0. The van der Waals surface area contributed by atoms with Crippen LogP contribution in [0.25, 0.3) is 0 Å². The Morgan fingerprint density at radius 1 is 1.29 bits per heavy atom. The molecule has 0 saturated carbocycles. The van der Waals surface area contributed by atoms with E-state index in [1.54, 1.807) is 0 Å². The zero-order chi connectivity index (χ0) is 11.0. The zero-order valence-corrected chi connectivity index (χ0v) is 9.63. The lowest BCUT2D eigenvalue weighted by atomic mass is 9.74. The number of hydrogen-bond acceptors (Lipinski definition) is 1. The van der Waals surface area contributed by atoms with E-state index in [0.717, 1.165) is 19.3 Å². The molecule has 0 aliphatic carbocycles. The number of nitrogens with zero attached hydrogens (tertiary/aromatic N) is 1. The second kappa shape index (κ2) is 3.56. The van der Waals surface area contributed by atoms with Gasteiger partial charge >= 0.3 is 0 Å². The lowest BCUT2D eigenvalue weighted by Gasteiger charge is -2.49. The second-order valence-electron chi connectivity index (χ2n) is 5.60. The summed E-state index contributed by atoms with van der Waals surface area (Å²) < 4.78 is 0. The average molecular weight is 194 g/mol. The largest absolute Gasteiger partial charge is 0.144 e. The molecule has 1 radical (unpaired) electrons. The van der Waals surface area contributed by atoms with Crippen molar-refractivity contribution < 1.29 is 5.21 Å². The van der Waals surface area contributed by atoms with E-state index >= 15 is 0 Å². The third-order valence-electron chi connectivity index (χ3n) is 3.08. The van der Waals surface area contributed by atoms with Gasteiger partial charge in [-0.2, -0.15) is 0 Å². The van der Waals surface area contributed by atoms with E-state index in [0.29, 0.717) is 5.92 Å². The van der Waals surface area contributed by atoms with E-state index in [1.807, 2.05) is 27.7 Å². The molecule has 2 nitrogen and oxygen atoms in total. The molecule has 1 fully saturated rings. The van der Waals surface area contributed by atoms with Crippen LogP contribution in [0, 0.1) is 18.3 Å². The Bertz CT molecular complexity index is 232. The third-order valence-corrected chi connectivity index (χ3v) is 3.08. The Kier molecular flexibility index (Phi) is 2.94. The van der Waals surface area contributed by atoms with Gasteiger partial charge in [-0.05, 0) is 46.5 Å². The summed E-state index contributed by atoms with van der Waals surface area (Å²) in [5, 5.41) is 13.2. The Labute approximate surface area is 87.3 Å². The Hall–Kier alpha value is -0.520. The van der Waals surface area contributed by atoms with Crippen LogP contribution in [0.4, 0.5) is 0 Å². The molecule has 0 amide bonds. The minimum Gasteiger partial charge on any atom is -0.144 e. The quantitative estimate of drug-likeness (QED) is 0.588. The Balaban J connectivity index is 2.81. The first-order valence-electron chi connectivity index (χ1n) is 5.20. The standard InChI is InChI=1S/C12H20NO/c1-6-7-10-8-11(2,3)13(14)12(4,5)9-10/h1,10H,7-9H2,2-5H3. The van der Waals surface area contributed by atoms with Gasteiger partial charge in [0.15, 0.2) is 0 Å². The van der Waals surface area contributed by atoms with Crippen LogP contribution in [0.3, 0.4) is 0 Å². The molecule has 1 aliphatic rings. The summed E-state index contributed by atoms with van der Waals surface area (Å²) in [4.78, 5) is 0. The van der Waals surface area contributed by atoms with Gasteiger partial charge in [0.25, 0.3) is 0 Å². The topological polar surface area (TPSA) is 23.1 Å². The molecule has 0 N–H and O–H groups in total. The fourth-order valence-corrected chi connectivity index (χ4v) is 2.78. The van der Waals surface area contributed by atoms with Crippen molar-refractivity contribution >= 4 is 0 Å². The molecule has 1 aliphatic heterocycles. The van der Waals surface area contributed by atoms with Gasteiger partial charge in [0.2, 0.25) is 0 Å². The molecule has 0 bridgehead atoms. The van der Waals surface area contributed by atoms with E-state index in [-0.39, 0.29) is 11.1 Å². The van der Waals surface area contributed by atoms with Crippen LogP contribution >= 0.6 is 0 Å². The Morgan fingerprint density at radius 2 is 1.71 bits per heavy atom. The first-order chi connectivity index (χ1) is 6.29. The maximum atomic E-state index is 12.0. The molecule has 14 heavy (non-hydrogen) atoms. The lowest BCUT2D eigenvalue weighted by Crippen LogP contribution is -2.58. The van der Waals surface area contributed by atoms with Crippen molar-refractivity contribution in [3.63, 3.8) is 0 Å². The van der Waals surface area contributed by atoms with Gasteiger partial charge in [-0.15, -0.1) is 22.6 Å². The van der Waals surface area contributed by atoms with Crippen LogP contribution in [0.5, 0.6) is 0 Å². The van der Waals surface area contributed by atoms with Crippen molar-refractivity contribution in [3.8, 4) is 12.3 Å². The van der Waals surface area contributed by atoms with E-state index in [2.05, 4.69) is 5.92 Å². The molecule has 0 aromatic rings. The lowest BCUT2D eigenvalue weighted by molar-refractivity contribution is -0.293. The maximum absolute atomic E-state index is 12.0. The molecule has 1 rings (SSSR count). The van der Waals surface area contributed by atoms with Gasteiger partial charge in [0.05, 0.1) is 0 Å². The van der Waals surface area contributed by atoms with Gasteiger partial charge in [-0.25, -0.2) is 0 Å². The molecule has 2 heteroatoms. The SMILES string of the molecule is C#CCC1CC(C)(C)N([O])C(C)(C)C1. The Morgan fingerprint density at radius 3 is 2.07 bits per heavy atom. The van der Waals surface area contributed by atoms with Crippen LogP contribution in [0.2, 0.25) is 0 Å². The molecule has 0 atom stereocenters. The first-order valence-corrected chi connectivity index (χ1v) is 5.20. The van der Waals surface area contributed by atoms with Crippen molar-refractivity contribution in [1.29, 1.82) is 0 Å². The van der Waals surface area contributed by atoms with E-state index in [4.69, 9.17) is 6.42 Å². The molecule has 79 valence electrons. The molecular weight excluding hydrogens is 174 g/mol. The summed E-state index contributed by atoms with van der Waals surface area (Å²) in [5.74, 6) is 3.20. The van der Waals surface area contributed by atoms with Crippen LogP contribution in [0.15, 0.2) is 0 Å². The number of piperidine rings is 1. The summed E-state index contributed by atoms with van der Waals surface area (Å²) in [6.07, 6.45) is 7.94. The minimum absolute atomic E-state index is 0.275. The molecule has 1 saturated heterocycles. The average Bonchev–Trinajstić information content (AvgIpc) is 1.99. The van der Waals surface area contributed by atoms with Gasteiger partial charge in [-0.3, -0.25) is 0 Å². The van der Waals surface area contributed by atoms with Crippen molar-refractivity contribution in [2.45, 2.75) is 58.0 Å². The van der Waals surface area contributed by atoms with E-state index in [1.165, 1.54) is 5.06 Å². The highest BCUT2D eigenvalue weighted by Gasteiger charge is 2.45. The highest BCUT2D eigenvalue weighted by molar-refractivity contribution is 4.99. The van der Waals surface area contributed by atoms with E-state index < -0.39 is 0 Å². The number of terminal acetylenes is 1. The summed E-state index contributed by atoms with van der Waals surface area (Å²) in [6.45, 7) is 8.02. The van der Waals surface area contributed by atoms with Crippen molar-refractivity contribution in [3.05, 3.63) is 0 Å². The van der Waals surface area contributed by atoms with E-state index in [9.17, 15) is 5.21 Å². The van der Waals surface area contributed by atoms with Gasteiger partial charge in [0.1, 0.15) is 0 Å². The molecule has 0 spiro atoms. The fourth-order valence-electron chi connectivity index (χ4n) is 2.78. The fraction of sp³-hybridized carbons (Fsp3) is 0.833. The smallest absolute Gasteiger partial charge is 0.0446 e. The van der Waals surface area contributed by atoms with Crippen molar-refractivity contribution in [2.24, 2.45) is 5.92 Å². The molecule has 1 heterocycles. The number of hydrogen-bond donors (Lipinski definition) is 0. The first kappa shape index (κ1) is 11.6. The van der Waals surface area contributed by atoms with Crippen LogP contribution in [-0.4, -0.2) is 16.1 Å². The predicted octanol–water partition coefficient (Wildman–Crippen LogP) is 2.62. The van der Waals surface area contributed by atoms with Gasteiger partial charge in [0, 0.05) is 17.5 Å². The van der Waals surface area contributed by atoms with Crippen molar-refractivity contribution in [2.75, 3.05) is 0 Å². The number of hydroxylamine groups is 2. The van der Waals surface area contributed by atoms with Gasteiger partial charge < -0.3 is 0 Å². The number of rotatable bonds is 1. The van der Waals surface area contributed by atoms with Crippen LogP contribution in [-0.2, 0) is 5.21 Å². The normalized spacial score (nSPS) is 27.1. The molecule has 0 aromatic carbocycles.